The Balaban J connectivity index is 2.27. The number of nitrogens with zero attached hydrogens (tertiary/aromatic N) is 3. The molecular weight excluding hydrogens is 245 g/mol. The minimum atomic E-state index is -0.409. The van der Waals surface area contributed by atoms with Gasteiger partial charge in [0.15, 0.2) is 0 Å². The van der Waals surface area contributed by atoms with Crippen LogP contribution in [0.5, 0.6) is 0 Å². The smallest absolute Gasteiger partial charge is 0.149 e. The SMILES string of the molecule is OCCCc1cn(-c2cc(Cl)ccc2F)nn1. The van der Waals surface area contributed by atoms with E-state index in [1.165, 1.54) is 22.9 Å². The third-order valence-corrected chi connectivity index (χ3v) is 2.52. The fraction of sp³-hybridized carbons (Fsp3) is 0.273. The van der Waals surface area contributed by atoms with Crippen molar-refractivity contribution < 1.29 is 9.50 Å². The van der Waals surface area contributed by atoms with Crippen molar-refractivity contribution in [2.24, 2.45) is 0 Å². The van der Waals surface area contributed by atoms with Crippen LogP contribution in [0.25, 0.3) is 5.69 Å². The molecule has 0 saturated carbocycles. The maximum absolute atomic E-state index is 13.5. The third kappa shape index (κ3) is 2.81. The van der Waals surface area contributed by atoms with Crippen LogP contribution in [0.1, 0.15) is 12.1 Å². The zero-order chi connectivity index (χ0) is 12.3. The zero-order valence-electron chi connectivity index (χ0n) is 8.98. The Morgan fingerprint density at radius 2 is 2.24 bits per heavy atom. The van der Waals surface area contributed by atoms with Gasteiger partial charge in [-0.1, -0.05) is 16.8 Å². The Labute approximate surface area is 103 Å². The Bertz CT molecular complexity index is 515. The first-order chi connectivity index (χ1) is 8.20. The molecule has 0 atom stereocenters. The first-order valence-corrected chi connectivity index (χ1v) is 5.56. The molecule has 6 heteroatoms. The summed E-state index contributed by atoms with van der Waals surface area (Å²) in [7, 11) is 0. The highest BCUT2D eigenvalue weighted by Gasteiger charge is 2.08. The molecule has 1 aromatic heterocycles. The van der Waals surface area contributed by atoms with Gasteiger partial charge in [-0.25, -0.2) is 9.07 Å². The molecule has 0 aliphatic rings. The molecule has 0 saturated heterocycles. The Morgan fingerprint density at radius 1 is 1.41 bits per heavy atom. The molecule has 1 aromatic carbocycles. The van der Waals surface area contributed by atoms with Crippen LogP contribution < -0.4 is 0 Å². The lowest BCUT2D eigenvalue weighted by molar-refractivity contribution is 0.288. The summed E-state index contributed by atoms with van der Waals surface area (Å²) in [5, 5.41) is 16.9. The zero-order valence-corrected chi connectivity index (χ0v) is 9.73. The van der Waals surface area contributed by atoms with Crippen molar-refractivity contribution in [2.75, 3.05) is 6.61 Å². The summed E-state index contributed by atoms with van der Waals surface area (Å²) in [6, 6.07) is 4.25. The summed E-state index contributed by atoms with van der Waals surface area (Å²) < 4.78 is 14.9. The van der Waals surface area contributed by atoms with E-state index in [9.17, 15) is 4.39 Å². The fourth-order valence-electron chi connectivity index (χ4n) is 1.45. The number of aliphatic hydroxyl groups excluding tert-OH is 1. The fourth-order valence-corrected chi connectivity index (χ4v) is 1.62. The largest absolute Gasteiger partial charge is 0.396 e. The molecule has 0 radical (unpaired) electrons. The summed E-state index contributed by atoms with van der Waals surface area (Å²) in [6.07, 6.45) is 2.85. The van der Waals surface area contributed by atoms with Crippen molar-refractivity contribution in [3.05, 3.63) is 40.9 Å². The predicted molar refractivity (Wildman–Crippen MR) is 61.7 cm³/mol. The monoisotopic (exact) mass is 255 g/mol. The molecule has 0 amide bonds. The number of hydrogen-bond acceptors (Lipinski definition) is 3. The normalized spacial score (nSPS) is 10.8. The first kappa shape index (κ1) is 12.0. The van der Waals surface area contributed by atoms with Crippen molar-refractivity contribution in [1.29, 1.82) is 0 Å². The molecule has 17 heavy (non-hydrogen) atoms. The van der Waals surface area contributed by atoms with Crippen LogP contribution in [0.3, 0.4) is 0 Å². The lowest BCUT2D eigenvalue weighted by Gasteiger charge is -2.01. The molecule has 0 fully saturated rings. The maximum Gasteiger partial charge on any atom is 0.149 e. The number of aliphatic hydroxyl groups is 1. The second-order valence-corrected chi connectivity index (χ2v) is 4.01. The minimum Gasteiger partial charge on any atom is -0.396 e. The van der Waals surface area contributed by atoms with Crippen molar-refractivity contribution in [1.82, 2.24) is 15.0 Å². The minimum absolute atomic E-state index is 0.0956. The lowest BCUT2D eigenvalue weighted by atomic mass is 10.2. The molecule has 2 aromatic rings. The van der Waals surface area contributed by atoms with Crippen molar-refractivity contribution in [3.63, 3.8) is 0 Å². The molecule has 0 bridgehead atoms. The second-order valence-electron chi connectivity index (χ2n) is 3.58. The van der Waals surface area contributed by atoms with E-state index in [1.807, 2.05) is 0 Å². The van der Waals surface area contributed by atoms with Gasteiger partial charge in [-0.05, 0) is 31.0 Å². The van der Waals surface area contributed by atoms with Gasteiger partial charge >= 0.3 is 0 Å². The van der Waals surface area contributed by atoms with Gasteiger partial charge in [0.2, 0.25) is 0 Å². The number of benzene rings is 1. The van der Waals surface area contributed by atoms with Gasteiger partial charge in [-0.2, -0.15) is 0 Å². The van der Waals surface area contributed by atoms with Crippen LogP contribution in [0.4, 0.5) is 4.39 Å². The van der Waals surface area contributed by atoms with Gasteiger partial charge in [0.05, 0.1) is 11.9 Å². The first-order valence-electron chi connectivity index (χ1n) is 5.18. The quantitative estimate of drug-likeness (QED) is 0.909. The van der Waals surface area contributed by atoms with Crippen LogP contribution in [0.2, 0.25) is 5.02 Å². The number of aryl methyl sites for hydroxylation is 1. The van der Waals surface area contributed by atoms with E-state index in [0.717, 1.165) is 0 Å². The Hall–Kier alpha value is -1.46. The topological polar surface area (TPSA) is 50.9 Å². The van der Waals surface area contributed by atoms with Crippen LogP contribution in [-0.2, 0) is 6.42 Å². The van der Waals surface area contributed by atoms with Crippen LogP contribution >= 0.6 is 11.6 Å². The van der Waals surface area contributed by atoms with E-state index >= 15 is 0 Å². The van der Waals surface area contributed by atoms with Gasteiger partial charge in [0, 0.05) is 11.6 Å². The summed E-state index contributed by atoms with van der Waals surface area (Å²) in [5.41, 5.74) is 0.971. The molecule has 0 aliphatic carbocycles. The third-order valence-electron chi connectivity index (χ3n) is 2.29. The predicted octanol–water partition coefficient (Wildman–Crippen LogP) is 1.98. The molecule has 0 aliphatic heterocycles. The molecule has 0 unspecified atom stereocenters. The highest BCUT2D eigenvalue weighted by molar-refractivity contribution is 6.30. The molecule has 2 rings (SSSR count). The summed E-state index contributed by atoms with van der Waals surface area (Å²) in [6.45, 7) is 0.0956. The molecule has 1 N–H and O–H groups in total. The van der Waals surface area contributed by atoms with E-state index in [4.69, 9.17) is 16.7 Å². The maximum atomic E-state index is 13.5. The lowest BCUT2D eigenvalue weighted by Crippen LogP contribution is -1.98. The van der Waals surface area contributed by atoms with E-state index in [1.54, 1.807) is 6.20 Å². The van der Waals surface area contributed by atoms with Gasteiger partial charge in [-0.15, -0.1) is 5.10 Å². The van der Waals surface area contributed by atoms with Crippen LogP contribution in [-0.4, -0.2) is 26.7 Å². The van der Waals surface area contributed by atoms with Gasteiger partial charge in [0.25, 0.3) is 0 Å². The molecule has 4 nitrogen and oxygen atoms in total. The Morgan fingerprint density at radius 3 is 3.00 bits per heavy atom. The van der Waals surface area contributed by atoms with Crippen LogP contribution in [0, 0.1) is 5.82 Å². The van der Waals surface area contributed by atoms with Gasteiger partial charge in [0.1, 0.15) is 11.5 Å². The highest BCUT2D eigenvalue weighted by atomic mass is 35.5. The summed E-state index contributed by atoms with van der Waals surface area (Å²) in [4.78, 5) is 0. The summed E-state index contributed by atoms with van der Waals surface area (Å²) >= 11 is 5.80. The molecule has 0 spiro atoms. The number of hydrogen-bond donors (Lipinski definition) is 1. The molecular formula is C11H11ClFN3O. The number of halogens is 2. The highest BCUT2D eigenvalue weighted by Crippen LogP contribution is 2.18. The average molecular weight is 256 g/mol. The summed E-state index contributed by atoms with van der Waals surface area (Å²) in [5.74, 6) is -0.409. The Kier molecular flexibility index (Phi) is 3.71. The standard InChI is InChI=1S/C11H11ClFN3O/c12-8-3-4-10(13)11(6-8)16-7-9(14-15-16)2-1-5-17/h3-4,6-7,17H,1-2,5H2. The number of aromatic nitrogens is 3. The molecule has 90 valence electrons. The van der Waals surface area contributed by atoms with E-state index in [2.05, 4.69) is 10.3 Å². The van der Waals surface area contributed by atoms with Crippen LogP contribution in [0.15, 0.2) is 24.4 Å². The van der Waals surface area contributed by atoms with Crippen molar-refractivity contribution in [3.8, 4) is 5.69 Å². The second kappa shape index (κ2) is 5.25. The van der Waals surface area contributed by atoms with E-state index in [-0.39, 0.29) is 12.3 Å². The average Bonchev–Trinajstić information content (AvgIpc) is 2.78. The van der Waals surface area contributed by atoms with Gasteiger partial charge in [-0.3, -0.25) is 0 Å². The van der Waals surface area contributed by atoms with E-state index in [0.29, 0.717) is 23.6 Å². The molecule has 1 heterocycles. The van der Waals surface area contributed by atoms with Crippen molar-refractivity contribution in [2.45, 2.75) is 12.8 Å². The van der Waals surface area contributed by atoms with Gasteiger partial charge < -0.3 is 5.11 Å². The number of rotatable bonds is 4. The van der Waals surface area contributed by atoms with E-state index < -0.39 is 5.82 Å². The van der Waals surface area contributed by atoms with Crippen molar-refractivity contribution >= 4 is 11.6 Å².